The van der Waals surface area contributed by atoms with Crippen LogP contribution in [0.25, 0.3) is 0 Å². The number of nitrogen functional groups attached to an aromatic ring is 1. The van der Waals surface area contributed by atoms with E-state index < -0.39 is 10.0 Å². The van der Waals surface area contributed by atoms with Crippen LogP contribution < -0.4 is 10.5 Å². The summed E-state index contributed by atoms with van der Waals surface area (Å²) < 4.78 is 27.8. The largest absolute Gasteiger partial charge is 0.398 e. The number of sulfonamides is 1. The van der Waals surface area contributed by atoms with Crippen molar-refractivity contribution in [1.82, 2.24) is 4.72 Å². The zero-order valence-corrected chi connectivity index (χ0v) is 11.9. The minimum atomic E-state index is -3.49. The third kappa shape index (κ3) is 2.77. The van der Waals surface area contributed by atoms with Crippen molar-refractivity contribution in [2.75, 3.05) is 5.73 Å². The van der Waals surface area contributed by atoms with Crippen LogP contribution in [0.3, 0.4) is 0 Å². The summed E-state index contributed by atoms with van der Waals surface area (Å²) in [5.41, 5.74) is 7.15. The summed E-state index contributed by atoms with van der Waals surface area (Å²) in [7, 11) is -3.49. The quantitative estimate of drug-likeness (QED) is 0.811. The minimum absolute atomic E-state index is 0.116. The molecule has 0 spiro atoms. The molecule has 2 aliphatic rings. The van der Waals surface area contributed by atoms with E-state index in [1.807, 2.05) is 6.92 Å². The first kappa shape index (κ1) is 12.9. The summed E-state index contributed by atoms with van der Waals surface area (Å²) in [4.78, 5) is 0.212. The van der Waals surface area contributed by atoms with Crippen LogP contribution in [-0.4, -0.2) is 14.5 Å². The lowest BCUT2D eigenvalue weighted by atomic mass is 10.1. The highest BCUT2D eigenvalue weighted by Crippen LogP contribution is 2.45. The van der Waals surface area contributed by atoms with Crippen LogP contribution in [0, 0.1) is 18.8 Å². The molecule has 0 radical (unpaired) electrons. The molecule has 2 aliphatic carbocycles. The molecule has 104 valence electrons. The van der Waals surface area contributed by atoms with E-state index in [0.717, 1.165) is 31.2 Å². The Morgan fingerprint density at radius 2 is 1.79 bits per heavy atom. The molecule has 0 unspecified atom stereocenters. The number of hydrogen-bond donors (Lipinski definition) is 2. The van der Waals surface area contributed by atoms with Gasteiger partial charge in [0.05, 0.1) is 5.69 Å². The standard InChI is InChI=1S/C14H20N2O2S/c1-9-2-7-13(12(15)8-9)19(17,18)16-14(10-3-4-10)11-5-6-11/h2,7-8,10-11,14,16H,3-6,15H2,1H3. The zero-order valence-electron chi connectivity index (χ0n) is 11.1. The fraction of sp³-hybridized carbons (Fsp3) is 0.571. The molecule has 19 heavy (non-hydrogen) atoms. The Morgan fingerprint density at radius 1 is 1.21 bits per heavy atom. The van der Waals surface area contributed by atoms with Gasteiger partial charge in [-0.15, -0.1) is 0 Å². The van der Waals surface area contributed by atoms with Gasteiger partial charge in [0.15, 0.2) is 0 Å². The van der Waals surface area contributed by atoms with Crippen molar-refractivity contribution in [1.29, 1.82) is 0 Å². The average Bonchev–Trinajstić information content (AvgIpc) is 3.18. The Labute approximate surface area is 114 Å². The Morgan fingerprint density at radius 3 is 2.26 bits per heavy atom. The molecule has 0 saturated heterocycles. The van der Waals surface area contributed by atoms with E-state index in [1.54, 1.807) is 18.2 Å². The van der Waals surface area contributed by atoms with Gasteiger partial charge in [-0.1, -0.05) is 6.07 Å². The van der Waals surface area contributed by atoms with Crippen molar-refractivity contribution in [3.8, 4) is 0 Å². The van der Waals surface area contributed by atoms with Gasteiger partial charge in [-0.25, -0.2) is 13.1 Å². The van der Waals surface area contributed by atoms with Crippen molar-refractivity contribution in [3.05, 3.63) is 23.8 Å². The maximum atomic E-state index is 12.4. The van der Waals surface area contributed by atoms with Gasteiger partial charge >= 0.3 is 0 Å². The highest BCUT2D eigenvalue weighted by atomic mass is 32.2. The van der Waals surface area contributed by atoms with Gasteiger partial charge in [0.25, 0.3) is 0 Å². The lowest BCUT2D eigenvalue weighted by Crippen LogP contribution is -2.38. The number of aryl methyl sites for hydroxylation is 1. The van der Waals surface area contributed by atoms with Crippen molar-refractivity contribution >= 4 is 15.7 Å². The molecule has 3 N–H and O–H groups in total. The predicted molar refractivity (Wildman–Crippen MR) is 75.1 cm³/mol. The lowest BCUT2D eigenvalue weighted by molar-refractivity contribution is 0.471. The van der Waals surface area contributed by atoms with E-state index in [1.165, 1.54) is 0 Å². The minimum Gasteiger partial charge on any atom is -0.398 e. The van der Waals surface area contributed by atoms with Crippen LogP contribution >= 0.6 is 0 Å². The van der Waals surface area contributed by atoms with Crippen LogP contribution in [0.15, 0.2) is 23.1 Å². The topological polar surface area (TPSA) is 72.2 Å². The fourth-order valence-corrected chi connectivity index (χ4v) is 4.13. The predicted octanol–water partition coefficient (Wildman–Crippen LogP) is 2.04. The molecule has 2 saturated carbocycles. The lowest BCUT2D eigenvalue weighted by Gasteiger charge is -2.18. The van der Waals surface area contributed by atoms with Gasteiger partial charge in [-0.2, -0.15) is 0 Å². The first-order valence-corrected chi connectivity index (χ1v) is 8.34. The fourth-order valence-electron chi connectivity index (χ4n) is 2.64. The van der Waals surface area contributed by atoms with Gasteiger partial charge in [-0.3, -0.25) is 0 Å². The Kier molecular flexibility index (Phi) is 3.06. The molecule has 0 aliphatic heterocycles. The van der Waals surface area contributed by atoms with Crippen LogP contribution in [-0.2, 0) is 10.0 Å². The number of hydrogen-bond acceptors (Lipinski definition) is 3. The molecule has 0 bridgehead atoms. The summed E-state index contributed by atoms with van der Waals surface area (Å²) in [5, 5.41) is 0. The number of nitrogens with one attached hydrogen (secondary N) is 1. The normalized spacial score (nSPS) is 19.9. The summed E-state index contributed by atoms with van der Waals surface area (Å²) in [5.74, 6) is 1.07. The van der Waals surface area contributed by atoms with Gasteiger partial charge in [0.2, 0.25) is 10.0 Å². The van der Waals surface area contributed by atoms with Crippen molar-refractivity contribution < 1.29 is 8.42 Å². The average molecular weight is 280 g/mol. The summed E-state index contributed by atoms with van der Waals surface area (Å²) in [6.45, 7) is 1.90. The number of nitrogens with two attached hydrogens (primary N) is 1. The molecule has 0 heterocycles. The van der Waals surface area contributed by atoms with Crippen molar-refractivity contribution in [2.24, 2.45) is 11.8 Å². The summed E-state index contributed by atoms with van der Waals surface area (Å²) >= 11 is 0. The summed E-state index contributed by atoms with van der Waals surface area (Å²) in [6.07, 6.45) is 4.58. The van der Waals surface area contributed by atoms with Crippen LogP contribution in [0.4, 0.5) is 5.69 Å². The molecule has 5 heteroatoms. The van der Waals surface area contributed by atoms with E-state index in [9.17, 15) is 8.42 Å². The molecule has 4 nitrogen and oxygen atoms in total. The number of rotatable bonds is 5. The maximum absolute atomic E-state index is 12.4. The summed E-state index contributed by atoms with van der Waals surface area (Å²) in [6, 6.07) is 5.21. The second-order valence-electron chi connectivity index (χ2n) is 5.86. The van der Waals surface area contributed by atoms with E-state index in [2.05, 4.69) is 4.72 Å². The number of benzene rings is 1. The molecule has 0 atom stereocenters. The van der Waals surface area contributed by atoms with Crippen LogP contribution in [0.1, 0.15) is 31.2 Å². The van der Waals surface area contributed by atoms with E-state index in [-0.39, 0.29) is 10.9 Å². The third-order valence-corrected chi connectivity index (χ3v) is 5.54. The second kappa shape index (κ2) is 4.49. The Balaban J connectivity index is 1.85. The monoisotopic (exact) mass is 280 g/mol. The van der Waals surface area contributed by atoms with Gasteiger partial charge < -0.3 is 5.73 Å². The smallest absolute Gasteiger partial charge is 0.242 e. The first-order valence-electron chi connectivity index (χ1n) is 6.86. The third-order valence-electron chi connectivity index (χ3n) is 4.01. The zero-order chi connectivity index (χ0) is 13.6. The van der Waals surface area contributed by atoms with Crippen LogP contribution in [0.2, 0.25) is 0 Å². The van der Waals surface area contributed by atoms with Crippen molar-refractivity contribution in [2.45, 2.75) is 43.5 Å². The SMILES string of the molecule is Cc1ccc(S(=O)(=O)NC(C2CC2)C2CC2)c(N)c1. The molecule has 1 aromatic carbocycles. The number of anilines is 1. The molecule has 1 aromatic rings. The highest BCUT2D eigenvalue weighted by Gasteiger charge is 2.43. The highest BCUT2D eigenvalue weighted by molar-refractivity contribution is 7.89. The molecular weight excluding hydrogens is 260 g/mol. The molecular formula is C14H20N2O2S. The molecule has 3 rings (SSSR count). The molecule has 0 amide bonds. The molecule has 2 fully saturated rings. The Bertz CT molecular complexity index is 577. The molecule has 0 aromatic heterocycles. The van der Waals surface area contributed by atoms with E-state index in [0.29, 0.717) is 17.5 Å². The van der Waals surface area contributed by atoms with E-state index in [4.69, 9.17) is 5.73 Å². The van der Waals surface area contributed by atoms with E-state index >= 15 is 0 Å². The van der Waals surface area contributed by atoms with Gasteiger partial charge in [-0.05, 0) is 62.1 Å². The Hall–Kier alpha value is -1.07. The maximum Gasteiger partial charge on any atom is 0.242 e. The van der Waals surface area contributed by atoms with Crippen molar-refractivity contribution in [3.63, 3.8) is 0 Å². The van der Waals surface area contributed by atoms with Crippen LogP contribution in [0.5, 0.6) is 0 Å². The second-order valence-corrected chi connectivity index (χ2v) is 7.55. The van der Waals surface area contributed by atoms with Gasteiger partial charge in [0, 0.05) is 6.04 Å². The van der Waals surface area contributed by atoms with Gasteiger partial charge in [0.1, 0.15) is 4.90 Å². The first-order chi connectivity index (χ1) is 8.97.